The normalized spacial score (nSPS) is 11.6. The van der Waals surface area contributed by atoms with Gasteiger partial charge in [0.2, 0.25) is 0 Å². The van der Waals surface area contributed by atoms with E-state index in [0.29, 0.717) is 17.5 Å². The van der Waals surface area contributed by atoms with Crippen LogP contribution in [0.4, 0.5) is 0 Å². The van der Waals surface area contributed by atoms with Gasteiger partial charge >= 0.3 is 0 Å². The number of hydrogen-bond donors (Lipinski definition) is 0. The van der Waals surface area contributed by atoms with Crippen LogP contribution in [0, 0.1) is 0 Å². The molecule has 0 unspecified atom stereocenters. The Morgan fingerprint density at radius 3 is 1.89 bits per heavy atom. The summed E-state index contributed by atoms with van der Waals surface area (Å²) < 4.78 is 6.35. The lowest BCUT2D eigenvalue weighted by Gasteiger charge is -2.10. The van der Waals surface area contributed by atoms with E-state index in [2.05, 4.69) is 83.8 Å². The van der Waals surface area contributed by atoms with Crippen molar-refractivity contribution in [3.8, 4) is 45.3 Å². The third kappa shape index (κ3) is 4.41. The third-order valence-corrected chi connectivity index (χ3v) is 8.37. The van der Waals surface area contributed by atoms with Crippen molar-refractivity contribution in [3.05, 3.63) is 146 Å². The van der Waals surface area contributed by atoms with E-state index in [4.69, 9.17) is 19.4 Å². The van der Waals surface area contributed by atoms with Crippen LogP contribution >= 0.6 is 0 Å². The largest absolute Gasteiger partial charge is 0.456 e. The molecular weight excluding hydrogens is 552 g/mol. The van der Waals surface area contributed by atoms with Crippen molar-refractivity contribution < 1.29 is 4.42 Å². The van der Waals surface area contributed by atoms with Crippen LogP contribution in [0.1, 0.15) is 0 Å². The highest BCUT2D eigenvalue weighted by Crippen LogP contribution is 2.38. The number of hydrogen-bond acceptors (Lipinski definition) is 5. The lowest BCUT2D eigenvalue weighted by atomic mass is 10.00. The van der Waals surface area contributed by atoms with E-state index in [0.717, 1.165) is 60.2 Å². The summed E-state index contributed by atoms with van der Waals surface area (Å²) in [5.74, 6) is 1.83. The number of aromatic nitrogens is 4. The predicted octanol–water partition coefficient (Wildman–Crippen LogP) is 10.1. The molecule has 0 amide bonds. The molecule has 5 nitrogen and oxygen atoms in total. The van der Waals surface area contributed by atoms with Crippen molar-refractivity contribution in [2.24, 2.45) is 0 Å². The van der Waals surface area contributed by atoms with Crippen LogP contribution in [0.5, 0.6) is 0 Å². The Morgan fingerprint density at radius 1 is 0.422 bits per heavy atom. The van der Waals surface area contributed by atoms with Crippen LogP contribution in [-0.2, 0) is 0 Å². The van der Waals surface area contributed by atoms with Gasteiger partial charge < -0.3 is 4.42 Å². The Hall–Kier alpha value is -6.20. The van der Waals surface area contributed by atoms with Gasteiger partial charge in [-0.25, -0.2) is 15.0 Å². The van der Waals surface area contributed by atoms with Crippen LogP contribution in [0.3, 0.4) is 0 Å². The molecule has 3 heterocycles. The van der Waals surface area contributed by atoms with Crippen molar-refractivity contribution in [1.82, 2.24) is 19.9 Å². The highest BCUT2D eigenvalue weighted by molar-refractivity contribution is 6.15. The zero-order valence-electron chi connectivity index (χ0n) is 24.1. The van der Waals surface area contributed by atoms with E-state index in [1.807, 2.05) is 60.8 Å². The van der Waals surface area contributed by atoms with Crippen LogP contribution in [0.25, 0.3) is 88.8 Å². The number of furan rings is 1. The number of nitrogens with zero attached hydrogens (tertiary/aromatic N) is 4. The van der Waals surface area contributed by atoms with Crippen molar-refractivity contribution >= 4 is 43.5 Å². The molecule has 0 aliphatic carbocycles. The molecule has 45 heavy (non-hydrogen) atoms. The molecule has 3 aromatic heterocycles. The molecule has 210 valence electrons. The fraction of sp³-hybridized carbons (Fsp3) is 0. The van der Waals surface area contributed by atoms with Gasteiger partial charge in [-0.2, -0.15) is 0 Å². The Kier molecular flexibility index (Phi) is 5.74. The maximum atomic E-state index is 6.35. The molecular formula is C40H24N4O. The van der Waals surface area contributed by atoms with Crippen LogP contribution in [0.15, 0.2) is 150 Å². The zero-order valence-corrected chi connectivity index (χ0v) is 24.1. The van der Waals surface area contributed by atoms with Crippen LogP contribution < -0.4 is 0 Å². The molecule has 6 aromatic carbocycles. The number of rotatable bonds is 4. The van der Waals surface area contributed by atoms with E-state index in [1.54, 1.807) is 6.20 Å². The van der Waals surface area contributed by atoms with Crippen LogP contribution in [-0.4, -0.2) is 19.9 Å². The van der Waals surface area contributed by atoms with Gasteiger partial charge in [0.05, 0.1) is 0 Å². The summed E-state index contributed by atoms with van der Waals surface area (Å²) in [4.78, 5) is 19.4. The third-order valence-electron chi connectivity index (χ3n) is 8.37. The minimum absolute atomic E-state index is 0.595. The smallest absolute Gasteiger partial charge is 0.164 e. The molecule has 0 radical (unpaired) electrons. The topological polar surface area (TPSA) is 64.7 Å². The van der Waals surface area contributed by atoms with Gasteiger partial charge in [-0.05, 0) is 63.7 Å². The Morgan fingerprint density at radius 2 is 1.09 bits per heavy atom. The summed E-state index contributed by atoms with van der Waals surface area (Å²) in [6.45, 7) is 0. The first-order chi connectivity index (χ1) is 22.3. The summed E-state index contributed by atoms with van der Waals surface area (Å²) in [5, 5.41) is 6.40. The first-order valence-electron chi connectivity index (χ1n) is 14.9. The highest BCUT2D eigenvalue weighted by atomic mass is 16.3. The molecule has 0 saturated carbocycles. The predicted molar refractivity (Wildman–Crippen MR) is 182 cm³/mol. The first-order valence-corrected chi connectivity index (χ1v) is 14.9. The molecule has 9 rings (SSSR count). The van der Waals surface area contributed by atoms with E-state index >= 15 is 0 Å². The van der Waals surface area contributed by atoms with Gasteiger partial charge in [-0.15, -0.1) is 0 Å². The Balaban J connectivity index is 1.24. The zero-order chi connectivity index (χ0) is 29.7. The summed E-state index contributed by atoms with van der Waals surface area (Å²) in [6.07, 6.45) is 3.68. The average Bonchev–Trinajstić information content (AvgIpc) is 3.48. The molecule has 0 bridgehead atoms. The molecule has 0 atom stereocenters. The Bertz CT molecular complexity index is 2540. The highest BCUT2D eigenvalue weighted by Gasteiger charge is 2.18. The quantitative estimate of drug-likeness (QED) is 0.209. The minimum Gasteiger partial charge on any atom is -0.456 e. The summed E-state index contributed by atoms with van der Waals surface area (Å²) >= 11 is 0. The maximum absolute atomic E-state index is 6.35. The van der Waals surface area contributed by atoms with E-state index in [9.17, 15) is 0 Å². The molecule has 0 spiro atoms. The van der Waals surface area contributed by atoms with Crippen molar-refractivity contribution in [3.63, 3.8) is 0 Å². The molecule has 0 saturated heterocycles. The monoisotopic (exact) mass is 576 g/mol. The van der Waals surface area contributed by atoms with Crippen molar-refractivity contribution in [1.29, 1.82) is 0 Å². The first kappa shape index (κ1) is 25.3. The van der Waals surface area contributed by atoms with Gasteiger partial charge in [0, 0.05) is 45.2 Å². The van der Waals surface area contributed by atoms with Gasteiger partial charge in [0.1, 0.15) is 11.2 Å². The number of fused-ring (bicyclic) bond motifs is 5. The van der Waals surface area contributed by atoms with E-state index < -0.39 is 0 Å². The van der Waals surface area contributed by atoms with Crippen molar-refractivity contribution in [2.75, 3.05) is 0 Å². The standard InChI is InChI=1S/C40H24N4O/c1-3-8-25(9-4-1)27-14-15-29-21-31(17-16-28(29)20-27)39-42-38(26-10-5-2-6-11-26)43-40(44-39)33-12-7-13-35-37(33)34-22-32-24-41-19-18-30(32)23-36(34)45-35/h1-24H. The summed E-state index contributed by atoms with van der Waals surface area (Å²) in [6, 6.07) is 45.7. The molecule has 0 N–H and O–H groups in total. The van der Waals surface area contributed by atoms with Gasteiger partial charge in [0.15, 0.2) is 17.5 Å². The molecule has 0 aliphatic heterocycles. The molecule has 0 aliphatic rings. The summed E-state index contributed by atoms with van der Waals surface area (Å²) in [5.41, 5.74) is 6.74. The minimum atomic E-state index is 0.595. The number of benzene rings is 6. The Labute approximate surface area is 258 Å². The SMILES string of the molecule is c1ccc(-c2ccc3cc(-c4nc(-c5ccccc5)nc(-c5cccc6oc7cc8ccncc8cc7c56)n4)ccc3c2)cc1. The lowest BCUT2D eigenvalue weighted by Crippen LogP contribution is -2.00. The fourth-order valence-electron chi connectivity index (χ4n) is 6.13. The van der Waals surface area contributed by atoms with Gasteiger partial charge in [-0.1, -0.05) is 97.1 Å². The molecule has 5 heteroatoms. The second kappa shape index (κ2) is 10.2. The van der Waals surface area contributed by atoms with Crippen LogP contribution in [0.2, 0.25) is 0 Å². The van der Waals surface area contributed by atoms with Gasteiger partial charge in [0.25, 0.3) is 0 Å². The second-order valence-electron chi connectivity index (χ2n) is 11.2. The van der Waals surface area contributed by atoms with Gasteiger partial charge in [-0.3, -0.25) is 4.98 Å². The lowest BCUT2D eigenvalue weighted by molar-refractivity contribution is 0.669. The fourth-order valence-corrected chi connectivity index (χ4v) is 6.13. The van der Waals surface area contributed by atoms with E-state index in [1.165, 1.54) is 11.1 Å². The number of pyridine rings is 1. The average molecular weight is 577 g/mol. The molecule has 9 aromatic rings. The second-order valence-corrected chi connectivity index (χ2v) is 11.2. The van der Waals surface area contributed by atoms with E-state index in [-0.39, 0.29) is 0 Å². The van der Waals surface area contributed by atoms with Crippen molar-refractivity contribution in [2.45, 2.75) is 0 Å². The molecule has 0 fully saturated rings. The summed E-state index contributed by atoms with van der Waals surface area (Å²) in [7, 11) is 0. The maximum Gasteiger partial charge on any atom is 0.164 e.